The predicted molar refractivity (Wildman–Crippen MR) is 71.1 cm³/mol. The van der Waals surface area contributed by atoms with Crippen molar-refractivity contribution in [3.05, 3.63) is 0 Å². The lowest BCUT2D eigenvalue weighted by molar-refractivity contribution is -0.870. The van der Waals surface area contributed by atoms with Crippen molar-refractivity contribution in [2.45, 2.75) is 25.8 Å². The zero-order valence-electron chi connectivity index (χ0n) is 12.2. The van der Waals surface area contributed by atoms with Crippen LogP contribution in [0.1, 0.15) is 20.3 Å². The zero-order valence-corrected chi connectivity index (χ0v) is 13.8. The van der Waals surface area contributed by atoms with Gasteiger partial charge in [0.15, 0.2) is 5.56 Å². The topological polar surface area (TPSA) is 29.5 Å². The van der Waals surface area contributed by atoms with Crippen molar-refractivity contribution < 1.29 is 26.4 Å². The summed E-state index contributed by atoms with van der Waals surface area (Å²) in [4.78, 5) is 13.2. The monoisotopic (exact) mass is 300 g/mol. The molecule has 0 aliphatic carbocycles. The van der Waals surface area contributed by atoms with Gasteiger partial charge in [0, 0.05) is 25.9 Å². The second kappa shape index (κ2) is 8.83. The zero-order chi connectivity index (χ0) is 13.6. The number of rotatable bonds is 6. The lowest BCUT2D eigenvalue weighted by atomic mass is 10.2. The van der Waals surface area contributed by atoms with Gasteiger partial charge >= 0.3 is 6.09 Å². The van der Waals surface area contributed by atoms with E-state index in [0.717, 1.165) is 17.4 Å². The highest BCUT2D eigenvalue weighted by Gasteiger charge is 2.18. The molecule has 0 saturated heterocycles. The van der Waals surface area contributed by atoms with E-state index in [9.17, 15) is 4.79 Å². The summed E-state index contributed by atoms with van der Waals surface area (Å²) in [6.45, 7) is 5.55. The number of nitrogens with zero attached hydrogens (tertiary/aromatic N) is 2. The van der Waals surface area contributed by atoms with Gasteiger partial charge in [0.05, 0.1) is 27.7 Å². The van der Waals surface area contributed by atoms with E-state index in [-0.39, 0.29) is 24.4 Å². The summed E-state index contributed by atoms with van der Waals surface area (Å²) < 4.78 is 6.00. The highest BCUT2D eigenvalue weighted by Crippen LogP contribution is 2.12. The molecule has 1 amide bonds. The number of hydrogen-bond acceptors (Lipinski definition) is 2. The van der Waals surface area contributed by atoms with E-state index in [1.165, 1.54) is 0 Å². The van der Waals surface area contributed by atoms with Crippen LogP contribution < -0.4 is 12.4 Å². The van der Waals surface area contributed by atoms with E-state index in [1.54, 1.807) is 11.9 Å². The van der Waals surface area contributed by atoms with Crippen molar-refractivity contribution in [3.8, 4) is 0 Å². The number of quaternary nitrogens is 1. The number of carbonyl (C=O) groups is 1. The molecule has 0 saturated carbocycles. The molecular formula is C12H26Cl2N2O2. The average molecular weight is 301 g/mol. The van der Waals surface area contributed by atoms with Crippen molar-refractivity contribution in [1.82, 2.24) is 4.90 Å². The van der Waals surface area contributed by atoms with Crippen LogP contribution in [0.5, 0.6) is 0 Å². The van der Waals surface area contributed by atoms with Gasteiger partial charge in [0.25, 0.3) is 0 Å². The molecule has 0 aromatic rings. The van der Waals surface area contributed by atoms with E-state index < -0.39 is 5.56 Å². The normalized spacial score (nSPS) is 12.9. The third-order valence-corrected chi connectivity index (χ3v) is 2.96. The third kappa shape index (κ3) is 9.80. The van der Waals surface area contributed by atoms with Crippen LogP contribution >= 0.6 is 11.6 Å². The molecule has 0 aliphatic rings. The Hall–Kier alpha value is -0.190. The summed E-state index contributed by atoms with van der Waals surface area (Å²) in [5.74, 6) is 0.125. The molecular weight excluding hydrogens is 275 g/mol. The lowest BCUT2D eigenvalue weighted by Crippen LogP contribution is -3.00. The highest BCUT2D eigenvalue weighted by molar-refractivity contribution is 6.20. The van der Waals surface area contributed by atoms with Crippen molar-refractivity contribution in [1.29, 1.82) is 0 Å². The molecule has 4 nitrogen and oxygen atoms in total. The number of alkyl halides is 1. The summed E-state index contributed by atoms with van der Waals surface area (Å²) in [6, 6.07) is 0. The molecule has 0 N–H and O–H groups in total. The number of ether oxygens (including phenoxy) is 1. The Balaban J connectivity index is 0. The Bertz CT molecular complexity index is 243. The van der Waals surface area contributed by atoms with Gasteiger partial charge < -0.3 is 26.5 Å². The Morgan fingerprint density at radius 3 is 2.22 bits per heavy atom. The van der Waals surface area contributed by atoms with Gasteiger partial charge in [-0.15, -0.1) is 0 Å². The van der Waals surface area contributed by atoms with E-state index in [4.69, 9.17) is 16.3 Å². The number of hydrogen-bond donors (Lipinski definition) is 0. The standard InChI is InChI=1S/C12H26ClN2O2.ClH/c1-10(2)11(13)17-12(16)14(3)8-7-9-15(4,5)6;/h10-11H,7-9H2,1-6H3;1H/q+1;/p-1. The fraction of sp³-hybridized carbons (Fsp3) is 0.917. The molecule has 0 spiro atoms. The van der Waals surface area contributed by atoms with Crippen LogP contribution in [0.25, 0.3) is 0 Å². The molecule has 0 bridgehead atoms. The summed E-state index contributed by atoms with van der Waals surface area (Å²) in [5.41, 5.74) is -0.552. The second-order valence-corrected chi connectivity index (χ2v) is 6.20. The molecule has 0 radical (unpaired) electrons. The van der Waals surface area contributed by atoms with Crippen molar-refractivity contribution in [3.63, 3.8) is 0 Å². The minimum absolute atomic E-state index is 0. The molecule has 0 aliphatic heterocycles. The third-order valence-electron chi connectivity index (χ3n) is 2.37. The molecule has 1 atom stereocenters. The molecule has 0 fully saturated rings. The average Bonchev–Trinajstić information content (AvgIpc) is 2.15. The summed E-state index contributed by atoms with van der Waals surface area (Å²) in [5, 5.41) is 0. The lowest BCUT2D eigenvalue weighted by Gasteiger charge is -2.25. The Morgan fingerprint density at radius 1 is 1.33 bits per heavy atom. The van der Waals surface area contributed by atoms with Crippen LogP contribution in [-0.2, 0) is 4.74 Å². The molecule has 18 heavy (non-hydrogen) atoms. The molecule has 0 heterocycles. The Kier molecular flexibility index (Phi) is 9.88. The van der Waals surface area contributed by atoms with Gasteiger partial charge in [0.1, 0.15) is 0 Å². The highest BCUT2D eigenvalue weighted by atomic mass is 35.5. The Labute approximate surface area is 122 Å². The maximum atomic E-state index is 11.6. The van der Waals surface area contributed by atoms with Gasteiger partial charge in [-0.3, -0.25) is 0 Å². The smallest absolute Gasteiger partial charge is 0.411 e. The summed E-state index contributed by atoms with van der Waals surface area (Å²) >= 11 is 5.89. The second-order valence-electron chi connectivity index (χ2n) is 5.77. The maximum Gasteiger partial charge on any atom is 0.411 e. The van der Waals surface area contributed by atoms with Crippen LogP contribution in [0.2, 0.25) is 0 Å². The first-order valence-electron chi connectivity index (χ1n) is 6.00. The van der Waals surface area contributed by atoms with E-state index in [1.807, 2.05) is 13.8 Å². The largest absolute Gasteiger partial charge is 1.00 e. The molecule has 0 aromatic carbocycles. The van der Waals surface area contributed by atoms with Gasteiger partial charge in [0.2, 0.25) is 0 Å². The van der Waals surface area contributed by atoms with Crippen LogP contribution in [0.3, 0.4) is 0 Å². The predicted octanol–water partition coefficient (Wildman–Crippen LogP) is -0.624. The first-order valence-corrected chi connectivity index (χ1v) is 6.43. The summed E-state index contributed by atoms with van der Waals surface area (Å²) in [7, 11) is 8.13. The van der Waals surface area contributed by atoms with Gasteiger partial charge in [-0.05, 0) is 0 Å². The quantitative estimate of drug-likeness (QED) is 0.483. The minimum Gasteiger partial charge on any atom is -1.00 e. The molecule has 0 aromatic heterocycles. The van der Waals surface area contributed by atoms with Gasteiger partial charge in [-0.1, -0.05) is 25.4 Å². The SMILES string of the molecule is CC(C)C(Cl)OC(=O)N(C)CCC[N+](C)(C)C.[Cl-]. The number of amides is 1. The minimum atomic E-state index is -0.552. The fourth-order valence-corrected chi connectivity index (χ4v) is 1.27. The van der Waals surface area contributed by atoms with Crippen LogP contribution in [0.15, 0.2) is 0 Å². The van der Waals surface area contributed by atoms with Gasteiger partial charge in [-0.2, -0.15) is 0 Å². The van der Waals surface area contributed by atoms with Crippen LogP contribution in [0.4, 0.5) is 4.79 Å². The number of carbonyl (C=O) groups excluding carboxylic acids is 1. The van der Waals surface area contributed by atoms with E-state index >= 15 is 0 Å². The van der Waals surface area contributed by atoms with Crippen LogP contribution in [0, 0.1) is 5.92 Å². The maximum absolute atomic E-state index is 11.6. The summed E-state index contributed by atoms with van der Waals surface area (Å²) in [6.07, 6.45) is 0.601. The molecule has 110 valence electrons. The first kappa shape index (κ1) is 20.1. The molecule has 0 rings (SSSR count). The van der Waals surface area contributed by atoms with Crippen molar-refractivity contribution >= 4 is 17.7 Å². The molecule has 6 heteroatoms. The fourth-order valence-electron chi connectivity index (χ4n) is 1.20. The first-order chi connectivity index (χ1) is 7.63. The molecule has 1 unspecified atom stereocenters. The van der Waals surface area contributed by atoms with E-state index in [2.05, 4.69) is 21.1 Å². The van der Waals surface area contributed by atoms with Crippen molar-refractivity contribution in [2.24, 2.45) is 5.92 Å². The van der Waals surface area contributed by atoms with Crippen molar-refractivity contribution in [2.75, 3.05) is 41.3 Å². The Morgan fingerprint density at radius 2 is 1.83 bits per heavy atom. The van der Waals surface area contributed by atoms with Gasteiger partial charge in [-0.25, -0.2) is 4.79 Å². The van der Waals surface area contributed by atoms with Crippen LogP contribution in [-0.4, -0.2) is 62.3 Å². The van der Waals surface area contributed by atoms with E-state index in [0.29, 0.717) is 6.54 Å². The number of halogens is 2.